The number of hydrogen-bond acceptors (Lipinski definition) is 4. The molecule has 6 heteroatoms. The molecule has 1 aromatic heterocycles. The number of piperazine rings is 1. The van der Waals surface area contributed by atoms with Crippen molar-refractivity contribution in [3.8, 4) is 0 Å². The van der Waals surface area contributed by atoms with Crippen molar-refractivity contribution in [1.82, 2.24) is 19.4 Å². The minimum absolute atomic E-state index is 0.0135. The molecule has 6 nitrogen and oxygen atoms in total. The second-order valence-corrected chi connectivity index (χ2v) is 7.04. The molecule has 0 radical (unpaired) electrons. The fourth-order valence-corrected chi connectivity index (χ4v) is 3.28. The predicted molar refractivity (Wildman–Crippen MR) is 90.4 cm³/mol. The summed E-state index contributed by atoms with van der Waals surface area (Å²) in [5, 5.41) is 0. The van der Waals surface area contributed by atoms with E-state index >= 15 is 0 Å². The van der Waals surface area contributed by atoms with Gasteiger partial charge < -0.3 is 9.80 Å². The zero-order valence-corrected chi connectivity index (χ0v) is 14.9. The Morgan fingerprint density at radius 2 is 2.04 bits per heavy atom. The predicted octanol–water partition coefficient (Wildman–Crippen LogP) is 1.05. The lowest BCUT2D eigenvalue weighted by atomic mass is 10.00. The van der Waals surface area contributed by atoms with Crippen molar-refractivity contribution in [3.05, 3.63) is 27.9 Å². The minimum Gasteiger partial charge on any atom is -0.336 e. The van der Waals surface area contributed by atoms with Gasteiger partial charge in [0.1, 0.15) is 6.54 Å². The van der Waals surface area contributed by atoms with E-state index in [1.807, 2.05) is 17.9 Å². The highest BCUT2D eigenvalue weighted by molar-refractivity contribution is 5.76. The topological polar surface area (TPSA) is 58.4 Å². The standard InChI is InChI=1S/C17H28N4O2/c1-12(2)8-15-10-19(5)6-7-20(15)16(22)11-21-14(4)9-13(3)18-17(21)23/h9,12,15H,6-8,10-11H2,1-5H3. The van der Waals surface area contributed by atoms with Crippen molar-refractivity contribution >= 4 is 5.91 Å². The normalized spacial score (nSPS) is 19.4. The lowest BCUT2D eigenvalue weighted by Crippen LogP contribution is -2.55. The van der Waals surface area contributed by atoms with Gasteiger partial charge in [0.05, 0.1) is 0 Å². The molecule has 0 aliphatic carbocycles. The van der Waals surface area contributed by atoms with E-state index in [2.05, 4.69) is 30.8 Å². The molecular weight excluding hydrogens is 292 g/mol. The second kappa shape index (κ2) is 7.25. The van der Waals surface area contributed by atoms with Crippen LogP contribution in [0.25, 0.3) is 0 Å². The summed E-state index contributed by atoms with van der Waals surface area (Å²) in [5.41, 5.74) is 1.13. The van der Waals surface area contributed by atoms with Crippen molar-refractivity contribution in [2.75, 3.05) is 26.7 Å². The first-order chi connectivity index (χ1) is 10.8. The highest BCUT2D eigenvalue weighted by Gasteiger charge is 2.29. The Labute approximate surface area is 138 Å². The fourth-order valence-electron chi connectivity index (χ4n) is 3.28. The van der Waals surface area contributed by atoms with Gasteiger partial charge in [0, 0.05) is 37.1 Å². The third-order valence-electron chi connectivity index (χ3n) is 4.39. The number of hydrogen-bond donors (Lipinski definition) is 0. The summed E-state index contributed by atoms with van der Waals surface area (Å²) in [5.74, 6) is 0.548. The molecule has 1 fully saturated rings. The highest BCUT2D eigenvalue weighted by atomic mass is 16.2. The number of amides is 1. The van der Waals surface area contributed by atoms with Gasteiger partial charge in [-0.3, -0.25) is 9.36 Å². The van der Waals surface area contributed by atoms with Gasteiger partial charge in [-0.1, -0.05) is 13.8 Å². The summed E-state index contributed by atoms with van der Waals surface area (Å²) in [4.78, 5) is 33.0. The molecule has 1 unspecified atom stereocenters. The summed E-state index contributed by atoms with van der Waals surface area (Å²) in [6, 6.07) is 2.06. The van der Waals surface area contributed by atoms with Crippen molar-refractivity contribution in [2.24, 2.45) is 5.92 Å². The number of carbonyl (C=O) groups excluding carboxylic acids is 1. The highest BCUT2D eigenvalue weighted by Crippen LogP contribution is 2.17. The smallest absolute Gasteiger partial charge is 0.336 e. The second-order valence-electron chi connectivity index (χ2n) is 7.04. The van der Waals surface area contributed by atoms with Crippen molar-refractivity contribution in [1.29, 1.82) is 0 Å². The van der Waals surface area contributed by atoms with Crippen LogP contribution in [-0.4, -0.2) is 58.0 Å². The molecule has 0 spiro atoms. The average molecular weight is 320 g/mol. The van der Waals surface area contributed by atoms with Crippen LogP contribution in [0.15, 0.2) is 10.9 Å². The largest absolute Gasteiger partial charge is 0.348 e. The molecule has 1 aliphatic heterocycles. The van der Waals surface area contributed by atoms with Gasteiger partial charge in [0.2, 0.25) is 5.91 Å². The molecule has 23 heavy (non-hydrogen) atoms. The fraction of sp³-hybridized carbons (Fsp3) is 0.706. The molecule has 1 aromatic rings. The molecule has 1 amide bonds. The lowest BCUT2D eigenvalue weighted by Gasteiger charge is -2.41. The Morgan fingerprint density at radius 3 is 2.65 bits per heavy atom. The molecule has 0 aromatic carbocycles. The van der Waals surface area contributed by atoms with Gasteiger partial charge in [-0.25, -0.2) is 4.79 Å². The Bertz CT molecular complexity index is 622. The van der Waals surface area contributed by atoms with Gasteiger partial charge in [-0.15, -0.1) is 0 Å². The van der Waals surface area contributed by atoms with Gasteiger partial charge >= 0.3 is 5.69 Å². The molecular formula is C17H28N4O2. The molecule has 128 valence electrons. The van der Waals surface area contributed by atoms with E-state index in [-0.39, 0.29) is 24.2 Å². The van der Waals surface area contributed by atoms with Crippen LogP contribution < -0.4 is 5.69 Å². The number of nitrogens with zero attached hydrogens (tertiary/aromatic N) is 4. The van der Waals surface area contributed by atoms with Crippen LogP contribution in [0.5, 0.6) is 0 Å². The molecule has 2 heterocycles. The van der Waals surface area contributed by atoms with E-state index in [9.17, 15) is 9.59 Å². The molecule has 0 N–H and O–H groups in total. The van der Waals surface area contributed by atoms with E-state index in [1.54, 1.807) is 6.92 Å². The Hall–Kier alpha value is -1.69. The SMILES string of the molecule is Cc1cc(C)n(CC(=O)N2CCN(C)CC2CC(C)C)c(=O)n1. The maximum absolute atomic E-state index is 12.8. The number of aryl methyl sites for hydroxylation is 2. The monoisotopic (exact) mass is 320 g/mol. The molecule has 2 rings (SSSR count). The average Bonchev–Trinajstić information content (AvgIpc) is 2.42. The number of carbonyl (C=O) groups is 1. The Balaban J connectivity index is 2.17. The molecule has 0 bridgehead atoms. The van der Waals surface area contributed by atoms with Crippen LogP contribution in [0, 0.1) is 19.8 Å². The van der Waals surface area contributed by atoms with Crippen LogP contribution in [0.3, 0.4) is 0 Å². The zero-order chi connectivity index (χ0) is 17.1. The number of rotatable bonds is 4. The van der Waals surface area contributed by atoms with Crippen molar-refractivity contribution in [3.63, 3.8) is 0 Å². The number of aromatic nitrogens is 2. The first-order valence-corrected chi connectivity index (χ1v) is 8.31. The van der Waals surface area contributed by atoms with E-state index in [1.165, 1.54) is 4.57 Å². The third kappa shape index (κ3) is 4.41. The first-order valence-electron chi connectivity index (χ1n) is 8.31. The van der Waals surface area contributed by atoms with Crippen LogP contribution >= 0.6 is 0 Å². The van der Waals surface area contributed by atoms with E-state index in [4.69, 9.17) is 0 Å². The molecule has 1 saturated heterocycles. The first kappa shape index (κ1) is 17.7. The maximum Gasteiger partial charge on any atom is 0.348 e. The van der Waals surface area contributed by atoms with Gasteiger partial charge in [-0.05, 0) is 39.3 Å². The molecule has 0 saturated carbocycles. The summed E-state index contributed by atoms with van der Waals surface area (Å²) < 4.78 is 1.47. The van der Waals surface area contributed by atoms with Gasteiger partial charge in [-0.2, -0.15) is 4.98 Å². The van der Waals surface area contributed by atoms with Crippen molar-refractivity contribution in [2.45, 2.75) is 46.7 Å². The third-order valence-corrected chi connectivity index (χ3v) is 4.39. The summed E-state index contributed by atoms with van der Waals surface area (Å²) in [7, 11) is 2.09. The van der Waals surface area contributed by atoms with Crippen molar-refractivity contribution < 1.29 is 4.79 Å². The number of likely N-dealkylation sites (N-methyl/N-ethyl adjacent to an activating group) is 1. The Morgan fingerprint density at radius 1 is 1.35 bits per heavy atom. The van der Waals surface area contributed by atoms with Crippen LogP contribution in [0.2, 0.25) is 0 Å². The zero-order valence-electron chi connectivity index (χ0n) is 14.9. The van der Waals surface area contributed by atoms with Crippen LogP contribution in [-0.2, 0) is 11.3 Å². The summed E-state index contributed by atoms with van der Waals surface area (Å²) >= 11 is 0. The Kier molecular flexibility index (Phi) is 5.57. The lowest BCUT2D eigenvalue weighted by molar-refractivity contribution is -0.137. The maximum atomic E-state index is 12.8. The van der Waals surface area contributed by atoms with Crippen LogP contribution in [0.1, 0.15) is 31.7 Å². The minimum atomic E-state index is -0.342. The summed E-state index contributed by atoms with van der Waals surface area (Å²) in [6.07, 6.45) is 0.982. The quantitative estimate of drug-likeness (QED) is 0.832. The van der Waals surface area contributed by atoms with E-state index in [0.29, 0.717) is 11.6 Å². The van der Waals surface area contributed by atoms with Crippen LogP contribution in [0.4, 0.5) is 0 Å². The summed E-state index contributed by atoms with van der Waals surface area (Å²) in [6.45, 7) is 10.6. The molecule has 1 atom stereocenters. The molecule has 1 aliphatic rings. The van der Waals surface area contributed by atoms with Gasteiger partial charge in [0.25, 0.3) is 0 Å². The van der Waals surface area contributed by atoms with E-state index in [0.717, 1.165) is 31.7 Å². The van der Waals surface area contributed by atoms with Gasteiger partial charge in [0.15, 0.2) is 0 Å². The van der Waals surface area contributed by atoms with E-state index < -0.39 is 0 Å².